The Kier molecular flexibility index (Phi) is 10.5. The lowest BCUT2D eigenvalue weighted by Crippen LogP contribution is -2.11. The maximum atomic E-state index is 10.8. The molecule has 0 N–H and O–H groups in total. The average molecular weight is 225 g/mol. The Bertz CT molecular complexity index is 141. The van der Waals surface area contributed by atoms with Crippen LogP contribution in [-0.2, 0) is 19.0 Å². The first-order valence-corrected chi connectivity index (χ1v) is 5.21. The van der Waals surface area contributed by atoms with Crippen molar-refractivity contribution in [3.8, 4) is 0 Å². The Balaban J connectivity index is 3.01. The maximum Gasteiger partial charge on any atom is 0.308 e. The first kappa shape index (κ1) is 13.7. The largest absolute Gasteiger partial charge is 0.466 e. The maximum absolute atomic E-state index is 10.8. The van der Waals surface area contributed by atoms with Crippen molar-refractivity contribution < 1.29 is 19.0 Å². The van der Waals surface area contributed by atoms with Crippen LogP contribution in [0.5, 0.6) is 0 Å². The second-order valence-corrected chi connectivity index (χ2v) is 2.85. The van der Waals surface area contributed by atoms with Gasteiger partial charge in [-0.3, -0.25) is 4.79 Å². The number of hydrogen-bond donors (Lipinski definition) is 0. The summed E-state index contributed by atoms with van der Waals surface area (Å²) in [4.78, 5) is 10.8. The van der Waals surface area contributed by atoms with Crippen molar-refractivity contribution in [2.45, 2.75) is 13.3 Å². The van der Waals surface area contributed by atoms with Crippen LogP contribution in [0, 0.1) is 0 Å². The van der Waals surface area contributed by atoms with E-state index in [0.29, 0.717) is 45.3 Å². The van der Waals surface area contributed by atoms with Gasteiger partial charge in [-0.1, -0.05) is 0 Å². The van der Waals surface area contributed by atoms with E-state index < -0.39 is 0 Å². The molecule has 0 atom stereocenters. The smallest absolute Gasteiger partial charge is 0.308 e. The monoisotopic (exact) mass is 224 g/mol. The molecular weight excluding hydrogens is 208 g/mol. The molecule has 0 saturated heterocycles. The minimum absolute atomic E-state index is 0.228. The van der Waals surface area contributed by atoms with Gasteiger partial charge in [0.05, 0.1) is 39.5 Å². The van der Waals surface area contributed by atoms with Gasteiger partial charge in [-0.15, -0.1) is 11.6 Å². The lowest BCUT2D eigenvalue weighted by Gasteiger charge is -2.04. The van der Waals surface area contributed by atoms with Crippen LogP contribution in [0.15, 0.2) is 0 Å². The summed E-state index contributed by atoms with van der Waals surface area (Å²) in [6.07, 6.45) is 0.295. The molecule has 14 heavy (non-hydrogen) atoms. The van der Waals surface area contributed by atoms with E-state index in [1.807, 2.05) is 0 Å². The predicted octanol–water partition coefficient (Wildman–Crippen LogP) is 1.21. The number of carbonyl (C=O) groups excluding carboxylic acids is 1. The Labute approximate surface area is 89.5 Å². The summed E-state index contributed by atoms with van der Waals surface area (Å²) in [7, 11) is 0. The third-order valence-corrected chi connectivity index (χ3v) is 1.50. The van der Waals surface area contributed by atoms with E-state index in [9.17, 15) is 4.79 Å². The number of esters is 1. The standard InChI is InChI=1S/C9H17ClO4/c1-2-14-9(11)3-5-12-7-8-13-6-4-10/h2-8H2,1H3. The van der Waals surface area contributed by atoms with Crippen LogP contribution in [0.25, 0.3) is 0 Å². The van der Waals surface area contributed by atoms with Crippen molar-refractivity contribution in [1.82, 2.24) is 0 Å². The normalized spacial score (nSPS) is 10.1. The summed E-state index contributed by atoms with van der Waals surface area (Å²) in [6.45, 7) is 4.09. The van der Waals surface area contributed by atoms with Gasteiger partial charge in [0.2, 0.25) is 0 Å². The lowest BCUT2D eigenvalue weighted by molar-refractivity contribution is -0.144. The fraction of sp³-hybridized carbons (Fsp3) is 0.889. The number of ether oxygens (including phenoxy) is 3. The molecule has 5 heteroatoms. The van der Waals surface area contributed by atoms with Crippen LogP contribution < -0.4 is 0 Å². The topological polar surface area (TPSA) is 44.8 Å². The summed E-state index contributed by atoms with van der Waals surface area (Å²) in [5.41, 5.74) is 0. The Morgan fingerprint density at radius 3 is 2.36 bits per heavy atom. The van der Waals surface area contributed by atoms with Crippen molar-refractivity contribution in [3.63, 3.8) is 0 Å². The minimum Gasteiger partial charge on any atom is -0.466 e. The summed E-state index contributed by atoms with van der Waals surface area (Å²) in [5.74, 6) is 0.261. The molecule has 0 bridgehead atoms. The molecule has 0 spiro atoms. The molecule has 0 aromatic heterocycles. The molecule has 0 aromatic carbocycles. The number of hydrogen-bond acceptors (Lipinski definition) is 4. The molecule has 84 valence electrons. The van der Waals surface area contributed by atoms with Gasteiger partial charge in [-0.25, -0.2) is 0 Å². The number of carbonyl (C=O) groups is 1. The molecule has 0 rings (SSSR count). The van der Waals surface area contributed by atoms with Gasteiger partial charge in [0.1, 0.15) is 0 Å². The quantitative estimate of drug-likeness (QED) is 0.336. The first-order chi connectivity index (χ1) is 6.81. The van der Waals surface area contributed by atoms with Crippen LogP contribution in [-0.4, -0.2) is 44.9 Å². The zero-order valence-corrected chi connectivity index (χ0v) is 9.22. The SMILES string of the molecule is CCOC(=O)CCOCCOCCCl. The third-order valence-electron chi connectivity index (χ3n) is 1.35. The van der Waals surface area contributed by atoms with Crippen LogP contribution in [0.3, 0.4) is 0 Å². The van der Waals surface area contributed by atoms with E-state index >= 15 is 0 Å². The van der Waals surface area contributed by atoms with Crippen LogP contribution in [0.2, 0.25) is 0 Å². The van der Waals surface area contributed by atoms with Crippen LogP contribution >= 0.6 is 11.6 Å². The molecule has 0 aliphatic heterocycles. The summed E-state index contributed by atoms with van der Waals surface area (Å²) in [6, 6.07) is 0. The van der Waals surface area contributed by atoms with Gasteiger partial charge < -0.3 is 14.2 Å². The number of alkyl halides is 1. The summed E-state index contributed by atoms with van der Waals surface area (Å²) >= 11 is 5.39. The highest BCUT2D eigenvalue weighted by Crippen LogP contribution is 1.88. The molecular formula is C9H17ClO4. The number of halogens is 1. The van der Waals surface area contributed by atoms with E-state index in [2.05, 4.69) is 0 Å². The van der Waals surface area contributed by atoms with Gasteiger partial charge in [0.15, 0.2) is 0 Å². The fourth-order valence-corrected chi connectivity index (χ4v) is 0.874. The highest BCUT2D eigenvalue weighted by Gasteiger charge is 2.00. The van der Waals surface area contributed by atoms with Gasteiger partial charge in [0.25, 0.3) is 0 Å². The molecule has 0 amide bonds. The fourth-order valence-electron chi connectivity index (χ4n) is 0.765. The Morgan fingerprint density at radius 2 is 1.79 bits per heavy atom. The second kappa shape index (κ2) is 10.8. The Hall–Kier alpha value is -0.320. The molecule has 0 radical (unpaired) electrons. The molecule has 0 aliphatic rings. The predicted molar refractivity (Wildman–Crippen MR) is 53.6 cm³/mol. The van der Waals surface area contributed by atoms with Crippen molar-refractivity contribution >= 4 is 17.6 Å². The van der Waals surface area contributed by atoms with Gasteiger partial charge in [-0.05, 0) is 6.92 Å². The van der Waals surface area contributed by atoms with E-state index in [4.69, 9.17) is 25.8 Å². The number of rotatable bonds is 9. The lowest BCUT2D eigenvalue weighted by atomic mass is 10.5. The minimum atomic E-state index is -0.228. The Morgan fingerprint density at radius 1 is 1.14 bits per heavy atom. The van der Waals surface area contributed by atoms with Crippen molar-refractivity contribution in [2.75, 3.05) is 38.9 Å². The van der Waals surface area contributed by atoms with Gasteiger partial charge >= 0.3 is 5.97 Å². The molecule has 4 nitrogen and oxygen atoms in total. The van der Waals surface area contributed by atoms with E-state index in [-0.39, 0.29) is 5.97 Å². The van der Waals surface area contributed by atoms with E-state index in [0.717, 1.165) is 0 Å². The second-order valence-electron chi connectivity index (χ2n) is 2.47. The highest BCUT2D eigenvalue weighted by atomic mass is 35.5. The molecule has 0 saturated carbocycles. The van der Waals surface area contributed by atoms with Gasteiger partial charge in [-0.2, -0.15) is 0 Å². The van der Waals surface area contributed by atoms with Crippen LogP contribution in [0.1, 0.15) is 13.3 Å². The first-order valence-electron chi connectivity index (χ1n) is 4.68. The molecule has 0 fully saturated rings. The van der Waals surface area contributed by atoms with Gasteiger partial charge in [0, 0.05) is 5.88 Å². The van der Waals surface area contributed by atoms with Crippen LogP contribution in [0.4, 0.5) is 0 Å². The molecule has 0 heterocycles. The van der Waals surface area contributed by atoms with Crippen molar-refractivity contribution in [1.29, 1.82) is 0 Å². The molecule has 0 aromatic rings. The summed E-state index contributed by atoms with van der Waals surface area (Å²) in [5, 5.41) is 0. The van der Waals surface area contributed by atoms with Crippen molar-refractivity contribution in [3.05, 3.63) is 0 Å². The zero-order chi connectivity index (χ0) is 10.6. The molecule has 0 aliphatic carbocycles. The average Bonchev–Trinajstić information content (AvgIpc) is 2.17. The summed E-state index contributed by atoms with van der Waals surface area (Å²) < 4.78 is 14.9. The van der Waals surface area contributed by atoms with E-state index in [1.54, 1.807) is 6.92 Å². The zero-order valence-electron chi connectivity index (χ0n) is 8.46. The third kappa shape index (κ3) is 9.77. The van der Waals surface area contributed by atoms with Crippen molar-refractivity contribution in [2.24, 2.45) is 0 Å². The van der Waals surface area contributed by atoms with E-state index in [1.165, 1.54) is 0 Å². The molecule has 0 unspecified atom stereocenters. The highest BCUT2D eigenvalue weighted by molar-refractivity contribution is 6.17.